The van der Waals surface area contributed by atoms with E-state index >= 15 is 0 Å². The standard InChI is InChI=1S/C11H14.2C11H18.C10H16.C10H14.C9H14.C8H8.2C7H10/c1-4-5-2-9-8(1)10-6(4)3-7(5)11(9)10;1-3-9-7-10-4-2-6-11(10,5-1)8-9;1-2-4-10-9-5-6-11(10)8(3-1)7-9;1-7-2-9-4-8(1)5-10(3-7)6-9;1-2-9-7-4-5-8(6-7)10(9)3-1;1-6-2-8-4-7(1)5-9(8)3-6;1-2-5-3(1)7-4(1)6(2)8(5)7;1-4-2-6-5(1)7(6)3-4;1-2-4-6-5(3-1)7(4)6/h4-11H,1-3H2;9-10H,1-8H2;8-11H,1-7H2;7-10H,1-6H2;1-2,7-10H,3-6H2;6-9H,1-5H2;1-8H;2*4-7H,1-3H2. The molecule has 0 aromatic rings. The molecular formula is C84H122. The number of fused-ring (bicyclic) bond motifs is 10. The summed E-state index contributed by atoms with van der Waals surface area (Å²) in [6, 6.07) is 0. The largest absolute Gasteiger partial charge is 0.0879 e. The molecule has 0 heteroatoms. The second kappa shape index (κ2) is 18.5. The van der Waals surface area contributed by atoms with Crippen LogP contribution in [0.5, 0.6) is 0 Å². The summed E-state index contributed by atoms with van der Waals surface area (Å²) in [7, 11) is 0. The number of rotatable bonds is 0. The van der Waals surface area contributed by atoms with E-state index < -0.39 is 0 Å². The Bertz CT molecular complexity index is 2300. The van der Waals surface area contributed by atoms with Gasteiger partial charge in [0.15, 0.2) is 0 Å². The lowest BCUT2D eigenvalue weighted by molar-refractivity contribution is -0.565. The van der Waals surface area contributed by atoms with Crippen molar-refractivity contribution >= 4 is 0 Å². The van der Waals surface area contributed by atoms with E-state index in [9.17, 15) is 0 Å². The van der Waals surface area contributed by atoms with Gasteiger partial charge in [0.05, 0.1) is 0 Å². The first-order chi connectivity index (χ1) is 41.5. The highest BCUT2D eigenvalue weighted by atomic mass is 15.0. The fourth-order valence-electron chi connectivity index (χ4n) is 37.1. The predicted molar refractivity (Wildman–Crippen MR) is 338 cm³/mol. The third-order valence-corrected chi connectivity index (χ3v) is 39.2. The van der Waals surface area contributed by atoms with Crippen LogP contribution in [-0.4, -0.2) is 0 Å². The van der Waals surface area contributed by atoms with Gasteiger partial charge >= 0.3 is 0 Å². The molecule has 24 bridgehead atoms. The van der Waals surface area contributed by atoms with Gasteiger partial charge < -0.3 is 0 Å². The van der Waals surface area contributed by atoms with E-state index in [1.165, 1.54) is 232 Å². The second-order valence-corrected chi connectivity index (χ2v) is 41.1. The minimum Gasteiger partial charge on any atom is -0.0879 e. The molecule has 35 saturated carbocycles. The summed E-state index contributed by atoms with van der Waals surface area (Å²) in [6.07, 6.45) is 67.0. The number of allylic oxidation sites excluding steroid dienone is 2. The van der Waals surface area contributed by atoms with Gasteiger partial charge in [-0.3, -0.25) is 0 Å². The third-order valence-electron chi connectivity index (χ3n) is 39.2. The van der Waals surface area contributed by atoms with Crippen molar-refractivity contribution in [3.63, 3.8) is 0 Å². The van der Waals surface area contributed by atoms with Gasteiger partial charge in [-0.2, -0.15) is 0 Å². The smallest absolute Gasteiger partial charge is 0.0171 e. The van der Waals surface area contributed by atoms with E-state index in [2.05, 4.69) is 12.2 Å². The predicted octanol–water partition coefficient (Wildman–Crippen LogP) is 20.9. The molecule has 0 saturated heterocycles. The summed E-state index contributed by atoms with van der Waals surface area (Å²) in [5, 5.41) is 0. The molecule has 36 aliphatic rings. The van der Waals surface area contributed by atoms with Gasteiger partial charge in [0.25, 0.3) is 0 Å². The van der Waals surface area contributed by atoms with Crippen molar-refractivity contribution < 1.29 is 0 Å². The van der Waals surface area contributed by atoms with Crippen LogP contribution in [0.15, 0.2) is 12.2 Å². The monoisotopic (exact) mass is 1130 g/mol. The summed E-state index contributed by atoms with van der Waals surface area (Å²) in [5.74, 6) is 51.8. The minimum atomic E-state index is 0.906. The van der Waals surface area contributed by atoms with Gasteiger partial charge in [0.1, 0.15) is 0 Å². The Morgan fingerprint density at radius 1 is 0.226 bits per heavy atom. The highest BCUT2D eigenvalue weighted by Crippen LogP contribution is 3.01. The SMILES string of the molecule is C12C3C4C1C1C2C3C41.C1=CC2C3CCC(C3)C2C1.C1C2C3CC4C5CC3C1C5C24.C1C2CC3C1C3C2.C1C2CC3CC1CC(C2)C3.C1C2CC3CC1CC3C2.C1CC2C3C(C1)C23.C1CC2CC3CCCC3(C1)C2.C1CCC2C3CCC2C(C1)C3. The van der Waals surface area contributed by atoms with Crippen LogP contribution in [0.1, 0.15) is 250 Å². The Balaban J connectivity index is 0.0000000629. The maximum absolute atomic E-state index is 2.49. The fraction of sp³-hybridized carbons (Fsp3) is 0.976. The molecule has 0 aliphatic heterocycles. The zero-order valence-electron chi connectivity index (χ0n) is 53.5. The van der Waals surface area contributed by atoms with Crippen molar-refractivity contribution in [1.82, 2.24) is 0 Å². The average molecular weight is 1130 g/mol. The molecule has 19 atom stereocenters. The van der Waals surface area contributed by atoms with Crippen molar-refractivity contribution in [3.05, 3.63) is 12.2 Å². The van der Waals surface area contributed by atoms with E-state index in [1.54, 1.807) is 238 Å². The van der Waals surface area contributed by atoms with Crippen molar-refractivity contribution in [1.29, 1.82) is 0 Å². The second-order valence-electron chi connectivity index (χ2n) is 41.1. The van der Waals surface area contributed by atoms with E-state index in [0.717, 1.165) is 35.0 Å². The zero-order valence-corrected chi connectivity index (χ0v) is 53.5. The van der Waals surface area contributed by atoms with Crippen LogP contribution < -0.4 is 0 Å². The molecule has 0 nitrogen and oxygen atoms in total. The summed E-state index contributed by atoms with van der Waals surface area (Å²) in [4.78, 5) is 0. The molecule has 0 aromatic carbocycles. The van der Waals surface area contributed by atoms with Gasteiger partial charge in [-0.05, 0) is 459 Å². The summed E-state index contributed by atoms with van der Waals surface area (Å²) >= 11 is 0. The maximum atomic E-state index is 2.49. The third kappa shape index (κ3) is 7.22. The molecule has 36 rings (SSSR count). The first-order valence-corrected chi connectivity index (χ1v) is 41.2. The molecule has 35 fully saturated rings. The summed E-state index contributed by atoms with van der Waals surface area (Å²) in [6.45, 7) is 0. The van der Waals surface area contributed by atoms with Gasteiger partial charge in [0, 0.05) is 0 Å². The van der Waals surface area contributed by atoms with Crippen LogP contribution >= 0.6 is 0 Å². The Morgan fingerprint density at radius 3 is 1.17 bits per heavy atom. The Labute approximate surface area is 513 Å². The van der Waals surface area contributed by atoms with E-state index in [1.807, 2.05) is 0 Å². The zero-order chi connectivity index (χ0) is 53.7. The first-order valence-electron chi connectivity index (χ1n) is 41.2. The van der Waals surface area contributed by atoms with E-state index in [-0.39, 0.29) is 0 Å². The Morgan fingerprint density at radius 2 is 0.643 bits per heavy atom. The molecule has 19 unspecified atom stereocenters. The van der Waals surface area contributed by atoms with Gasteiger partial charge in [0.2, 0.25) is 0 Å². The molecule has 1 spiro atoms. The molecule has 0 aromatic heterocycles. The topological polar surface area (TPSA) is 0 Å². The van der Waals surface area contributed by atoms with Crippen molar-refractivity contribution in [2.45, 2.75) is 250 Å². The van der Waals surface area contributed by atoms with Crippen molar-refractivity contribution in [2.75, 3.05) is 0 Å². The molecule has 0 N–H and O–H groups in total. The van der Waals surface area contributed by atoms with Crippen LogP contribution in [0.25, 0.3) is 0 Å². The maximum Gasteiger partial charge on any atom is -0.0171 e. The highest BCUT2D eigenvalue weighted by molar-refractivity contribution is 5.44. The fourth-order valence-corrected chi connectivity index (χ4v) is 37.1. The van der Waals surface area contributed by atoms with Crippen molar-refractivity contribution in [3.8, 4) is 0 Å². The number of hydrogen-bond acceptors (Lipinski definition) is 0. The molecule has 84 heavy (non-hydrogen) atoms. The first kappa shape index (κ1) is 51.3. The Hall–Kier alpha value is -0.260. The summed E-state index contributed by atoms with van der Waals surface area (Å²) < 4.78 is 0. The number of hydrogen-bond donors (Lipinski definition) is 0. The van der Waals surface area contributed by atoms with Gasteiger partial charge in [-0.25, -0.2) is 0 Å². The van der Waals surface area contributed by atoms with E-state index in [4.69, 9.17) is 0 Å². The molecule has 0 heterocycles. The van der Waals surface area contributed by atoms with Gasteiger partial charge in [-0.15, -0.1) is 0 Å². The quantitative estimate of drug-likeness (QED) is 0.212. The van der Waals surface area contributed by atoms with Gasteiger partial charge in [-0.1, -0.05) is 57.1 Å². The molecule has 0 radical (unpaired) electrons. The van der Waals surface area contributed by atoms with Crippen LogP contribution in [0.2, 0.25) is 0 Å². The minimum absolute atomic E-state index is 0.906. The Kier molecular flexibility index (Phi) is 11.3. The van der Waals surface area contributed by atoms with Crippen LogP contribution in [-0.2, 0) is 0 Å². The summed E-state index contributed by atoms with van der Waals surface area (Å²) in [5.41, 5.74) is 0.906. The lowest BCUT2D eigenvalue weighted by atomic mass is 9.01. The normalized spacial score (nSPS) is 67.8. The average Bonchev–Trinajstić information content (AvgIpc) is 0.943. The van der Waals surface area contributed by atoms with Crippen LogP contribution in [0.4, 0.5) is 0 Å². The van der Waals surface area contributed by atoms with Crippen LogP contribution in [0, 0.1) is 254 Å². The highest BCUT2D eigenvalue weighted by Gasteiger charge is 2.97. The molecule has 458 valence electrons. The lowest BCUT2D eigenvalue weighted by Crippen LogP contribution is -3.00. The molecule has 36 aliphatic carbocycles. The van der Waals surface area contributed by atoms with Crippen LogP contribution in [0.3, 0.4) is 0 Å². The lowest BCUT2D eigenvalue weighted by Gasteiger charge is -3.03. The van der Waals surface area contributed by atoms with Crippen molar-refractivity contribution in [2.24, 2.45) is 254 Å². The molecular weight excluding hydrogens is 1010 g/mol. The van der Waals surface area contributed by atoms with E-state index in [0.29, 0.717) is 0 Å². The molecule has 0 amide bonds.